The molecule has 0 radical (unpaired) electrons. The summed E-state index contributed by atoms with van der Waals surface area (Å²) >= 11 is 1.35. The summed E-state index contributed by atoms with van der Waals surface area (Å²) < 4.78 is 10.8. The van der Waals surface area contributed by atoms with Crippen LogP contribution in [0.25, 0.3) is 0 Å². The molecule has 2 rings (SSSR count). The topological polar surface area (TPSA) is 96.9 Å². The van der Waals surface area contributed by atoms with Gasteiger partial charge in [0, 0.05) is 17.4 Å². The predicted molar refractivity (Wildman–Crippen MR) is 116 cm³/mol. The van der Waals surface area contributed by atoms with Crippen molar-refractivity contribution in [2.75, 3.05) is 20.0 Å². The van der Waals surface area contributed by atoms with E-state index in [9.17, 15) is 14.8 Å². The molecule has 0 spiro atoms. The molecule has 0 bridgehead atoms. The van der Waals surface area contributed by atoms with Gasteiger partial charge in [-0.25, -0.2) is 5.48 Å². The molecular formula is C22H34N2O5S. The summed E-state index contributed by atoms with van der Waals surface area (Å²) in [5.41, 5.74) is 1.75. The van der Waals surface area contributed by atoms with Crippen LogP contribution >= 0.6 is 11.8 Å². The Bertz CT molecular complexity index is 638. The van der Waals surface area contributed by atoms with Crippen LogP contribution < -0.4 is 10.8 Å². The molecule has 0 heterocycles. The minimum absolute atomic E-state index is 0.00230. The molecule has 2 atom stereocenters. The number of carbonyl (C=O) groups is 2. The van der Waals surface area contributed by atoms with E-state index in [4.69, 9.17) is 9.47 Å². The third-order valence-electron chi connectivity index (χ3n) is 5.35. The molecule has 1 aliphatic rings. The third-order valence-corrected chi connectivity index (χ3v) is 6.58. The number of nitrogens with one attached hydrogen (secondary N) is 2. The van der Waals surface area contributed by atoms with Crippen LogP contribution in [-0.4, -0.2) is 48.3 Å². The number of amides is 2. The maximum Gasteiger partial charge on any atom is 0.256 e. The zero-order chi connectivity index (χ0) is 21.8. The summed E-state index contributed by atoms with van der Waals surface area (Å²) in [4.78, 5) is 26.0. The SMILES string of the molecule is CCOCOCC(CC(Sc1ccccc1)C(=O)NO)NC(=O)C1CCC(C)CC1. The van der Waals surface area contributed by atoms with E-state index >= 15 is 0 Å². The molecule has 7 nitrogen and oxygen atoms in total. The zero-order valence-corrected chi connectivity index (χ0v) is 18.7. The third kappa shape index (κ3) is 8.63. The Labute approximate surface area is 183 Å². The Morgan fingerprint density at radius 3 is 2.50 bits per heavy atom. The van der Waals surface area contributed by atoms with E-state index in [1.807, 2.05) is 37.3 Å². The predicted octanol–water partition coefficient (Wildman–Crippen LogP) is 3.36. The Balaban J connectivity index is 2.02. The van der Waals surface area contributed by atoms with Crippen LogP contribution in [0, 0.1) is 11.8 Å². The van der Waals surface area contributed by atoms with Gasteiger partial charge in [-0.3, -0.25) is 14.8 Å². The second-order valence-electron chi connectivity index (χ2n) is 7.78. The first-order valence-electron chi connectivity index (χ1n) is 10.6. The molecule has 8 heteroatoms. The molecule has 1 saturated carbocycles. The van der Waals surface area contributed by atoms with Crippen LogP contribution in [0.15, 0.2) is 35.2 Å². The van der Waals surface area contributed by atoms with Gasteiger partial charge in [0.25, 0.3) is 5.91 Å². The van der Waals surface area contributed by atoms with E-state index in [2.05, 4.69) is 12.2 Å². The van der Waals surface area contributed by atoms with Gasteiger partial charge in [-0.15, -0.1) is 11.8 Å². The van der Waals surface area contributed by atoms with E-state index < -0.39 is 11.2 Å². The van der Waals surface area contributed by atoms with E-state index in [1.165, 1.54) is 11.8 Å². The van der Waals surface area contributed by atoms with Crippen molar-refractivity contribution in [3.63, 3.8) is 0 Å². The van der Waals surface area contributed by atoms with Crippen molar-refractivity contribution in [2.24, 2.45) is 11.8 Å². The second kappa shape index (κ2) is 13.6. The molecule has 1 aromatic carbocycles. The first kappa shape index (κ1) is 24.7. The lowest BCUT2D eigenvalue weighted by atomic mass is 9.82. The average Bonchev–Trinajstić information content (AvgIpc) is 2.76. The lowest BCUT2D eigenvalue weighted by molar-refractivity contribution is -0.131. The van der Waals surface area contributed by atoms with Crippen LogP contribution in [0.5, 0.6) is 0 Å². The maximum absolute atomic E-state index is 12.8. The van der Waals surface area contributed by atoms with Gasteiger partial charge in [0.05, 0.1) is 17.9 Å². The van der Waals surface area contributed by atoms with Gasteiger partial charge < -0.3 is 14.8 Å². The van der Waals surface area contributed by atoms with Crippen molar-refractivity contribution in [2.45, 2.75) is 62.1 Å². The van der Waals surface area contributed by atoms with Crippen molar-refractivity contribution in [3.05, 3.63) is 30.3 Å². The van der Waals surface area contributed by atoms with Gasteiger partial charge in [0.1, 0.15) is 6.79 Å². The van der Waals surface area contributed by atoms with Gasteiger partial charge in [-0.1, -0.05) is 25.1 Å². The summed E-state index contributed by atoms with van der Waals surface area (Å²) in [6, 6.07) is 9.14. The lowest BCUT2D eigenvalue weighted by Gasteiger charge is -2.28. The average molecular weight is 439 g/mol. The first-order valence-corrected chi connectivity index (χ1v) is 11.5. The number of rotatable bonds is 12. The number of benzene rings is 1. The minimum Gasteiger partial charge on any atom is -0.356 e. The molecular weight excluding hydrogens is 404 g/mol. The van der Waals surface area contributed by atoms with Crippen molar-refractivity contribution >= 4 is 23.6 Å². The fourth-order valence-corrected chi connectivity index (χ4v) is 4.68. The van der Waals surface area contributed by atoms with Crippen molar-refractivity contribution < 1.29 is 24.3 Å². The smallest absolute Gasteiger partial charge is 0.256 e. The van der Waals surface area contributed by atoms with E-state index in [0.717, 1.165) is 30.6 Å². The van der Waals surface area contributed by atoms with Gasteiger partial charge in [-0.05, 0) is 57.1 Å². The monoisotopic (exact) mass is 438 g/mol. The number of carbonyl (C=O) groups excluding carboxylic acids is 2. The van der Waals surface area contributed by atoms with E-state index in [-0.39, 0.29) is 31.3 Å². The van der Waals surface area contributed by atoms with Crippen LogP contribution in [0.3, 0.4) is 0 Å². The summed E-state index contributed by atoms with van der Waals surface area (Å²) in [7, 11) is 0. The van der Waals surface area contributed by atoms with Crippen molar-refractivity contribution in [1.29, 1.82) is 0 Å². The quantitative estimate of drug-likeness (QED) is 0.152. The molecule has 2 amide bonds. The number of hydrogen-bond donors (Lipinski definition) is 3. The first-order chi connectivity index (χ1) is 14.5. The Hall–Kier alpha value is -1.61. The van der Waals surface area contributed by atoms with Gasteiger partial charge in [-0.2, -0.15) is 0 Å². The van der Waals surface area contributed by atoms with Crippen LogP contribution in [0.4, 0.5) is 0 Å². The Morgan fingerprint density at radius 1 is 1.17 bits per heavy atom. The number of hydroxylamine groups is 1. The molecule has 2 unspecified atom stereocenters. The van der Waals surface area contributed by atoms with Gasteiger partial charge in [0.15, 0.2) is 0 Å². The number of thioether (sulfide) groups is 1. The highest BCUT2D eigenvalue weighted by Gasteiger charge is 2.29. The molecule has 168 valence electrons. The van der Waals surface area contributed by atoms with Crippen LogP contribution in [0.2, 0.25) is 0 Å². The van der Waals surface area contributed by atoms with E-state index in [1.54, 1.807) is 5.48 Å². The van der Waals surface area contributed by atoms with Crippen molar-refractivity contribution in [1.82, 2.24) is 10.8 Å². The molecule has 0 aliphatic heterocycles. The van der Waals surface area contributed by atoms with Gasteiger partial charge in [0.2, 0.25) is 5.91 Å². The second-order valence-corrected chi connectivity index (χ2v) is 9.05. The highest BCUT2D eigenvalue weighted by atomic mass is 32.2. The minimum atomic E-state index is -0.579. The summed E-state index contributed by atoms with van der Waals surface area (Å²) in [5.74, 6) is 0.181. The lowest BCUT2D eigenvalue weighted by Crippen LogP contribution is -2.45. The fourth-order valence-electron chi connectivity index (χ4n) is 3.54. The largest absolute Gasteiger partial charge is 0.356 e. The highest BCUT2D eigenvalue weighted by molar-refractivity contribution is 8.00. The molecule has 0 aromatic heterocycles. The zero-order valence-electron chi connectivity index (χ0n) is 17.8. The molecule has 30 heavy (non-hydrogen) atoms. The highest BCUT2D eigenvalue weighted by Crippen LogP contribution is 2.29. The summed E-state index contributed by atoms with van der Waals surface area (Å²) in [6.45, 7) is 5.00. The molecule has 1 fully saturated rings. The number of ether oxygens (including phenoxy) is 2. The molecule has 3 N–H and O–H groups in total. The van der Waals surface area contributed by atoms with Crippen LogP contribution in [-0.2, 0) is 19.1 Å². The molecule has 1 aromatic rings. The molecule has 0 saturated heterocycles. The summed E-state index contributed by atoms with van der Waals surface area (Å²) in [5, 5.41) is 11.7. The van der Waals surface area contributed by atoms with Crippen molar-refractivity contribution in [3.8, 4) is 0 Å². The maximum atomic E-state index is 12.8. The fraction of sp³-hybridized carbons (Fsp3) is 0.636. The number of hydrogen-bond acceptors (Lipinski definition) is 6. The Morgan fingerprint density at radius 2 is 1.87 bits per heavy atom. The van der Waals surface area contributed by atoms with Crippen LogP contribution in [0.1, 0.15) is 46.0 Å². The Kier molecular flexibility index (Phi) is 11.2. The standard InChI is InChI=1S/C22H34N2O5S/c1-3-28-15-29-14-18(23-21(25)17-11-9-16(2)10-12-17)13-20(22(26)24-27)30-19-7-5-4-6-8-19/h4-8,16-18,20,27H,3,9-15H2,1-2H3,(H,23,25)(H,24,26). The summed E-state index contributed by atoms with van der Waals surface area (Å²) in [6.07, 6.45) is 4.22. The normalized spacial score (nSPS) is 20.9. The van der Waals surface area contributed by atoms with Gasteiger partial charge >= 0.3 is 0 Å². The van der Waals surface area contributed by atoms with E-state index in [0.29, 0.717) is 18.9 Å². The molecule has 1 aliphatic carbocycles.